The molecule has 0 bridgehead atoms. The van der Waals surface area contributed by atoms with Gasteiger partial charge in [-0.25, -0.2) is 4.79 Å². The van der Waals surface area contributed by atoms with Gasteiger partial charge >= 0.3 is 5.97 Å². The van der Waals surface area contributed by atoms with E-state index in [4.69, 9.17) is 23.7 Å². The SMILES string of the molecule is CCOC(=O)c1c(-c2ccc(C(C)(C)C)cc2)c2ccccc2n1Cc1cc(OCCOC)cc(OCCOC)c1. The highest BCUT2D eigenvalue weighted by atomic mass is 16.5. The Balaban J connectivity index is 1.85. The second kappa shape index (κ2) is 13.7. The van der Waals surface area contributed by atoms with Crippen molar-refractivity contribution in [2.24, 2.45) is 0 Å². The van der Waals surface area contributed by atoms with E-state index >= 15 is 0 Å². The van der Waals surface area contributed by atoms with Crippen molar-refractivity contribution in [3.8, 4) is 22.6 Å². The second-order valence-corrected chi connectivity index (χ2v) is 10.9. The summed E-state index contributed by atoms with van der Waals surface area (Å²) in [5, 5.41) is 0.989. The molecule has 41 heavy (non-hydrogen) atoms. The van der Waals surface area contributed by atoms with Gasteiger partial charge in [0.25, 0.3) is 0 Å². The first-order valence-corrected chi connectivity index (χ1v) is 14.0. The molecule has 0 aliphatic carbocycles. The van der Waals surface area contributed by atoms with E-state index in [-0.39, 0.29) is 18.0 Å². The molecule has 4 rings (SSSR count). The maximum atomic E-state index is 13.6. The Labute approximate surface area is 242 Å². The van der Waals surface area contributed by atoms with E-state index in [0.29, 0.717) is 50.2 Å². The normalized spacial score (nSPS) is 11.6. The third kappa shape index (κ3) is 7.29. The number of hydrogen-bond acceptors (Lipinski definition) is 6. The number of rotatable bonds is 13. The van der Waals surface area contributed by atoms with Crippen LogP contribution in [0.4, 0.5) is 0 Å². The van der Waals surface area contributed by atoms with Gasteiger partial charge in [0.05, 0.1) is 19.8 Å². The van der Waals surface area contributed by atoms with Crippen molar-refractivity contribution in [2.45, 2.75) is 39.7 Å². The monoisotopic (exact) mass is 559 g/mol. The molecule has 7 nitrogen and oxygen atoms in total. The zero-order chi connectivity index (χ0) is 29.4. The van der Waals surface area contributed by atoms with Crippen LogP contribution in [0, 0.1) is 0 Å². The van der Waals surface area contributed by atoms with Crippen LogP contribution in [0.1, 0.15) is 49.3 Å². The lowest BCUT2D eigenvalue weighted by Gasteiger charge is -2.19. The van der Waals surface area contributed by atoms with Crippen LogP contribution in [0.25, 0.3) is 22.0 Å². The van der Waals surface area contributed by atoms with Crippen LogP contribution in [-0.4, -0.2) is 57.8 Å². The van der Waals surface area contributed by atoms with Gasteiger partial charge in [0.1, 0.15) is 30.4 Å². The Kier molecular flexibility index (Phi) is 10.1. The van der Waals surface area contributed by atoms with Gasteiger partial charge in [-0.1, -0.05) is 63.2 Å². The third-order valence-electron chi connectivity index (χ3n) is 6.87. The number of hydrogen-bond donors (Lipinski definition) is 0. The Hall–Kier alpha value is -3.81. The van der Waals surface area contributed by atoms with E-state index in [1.165, 1.54) is 5.56 Å². The third-order valence-corrected chi connectivity index (χ3v) is 6.87. The summed E-state index contributed by atoms with van der Waals surface area (Å²) < 4.78 is 29.9. The van der Waals surface area contributed by atoms with Crippen LogP contribution in [0.15, 0.2) is 66.7 Å². The summed E-state index contributed by atoms with van der Waals surface area (Å²) in [6.45, 7) is 10.9. The number of para-hydroxylation sites is 1. The Morgan fingerprint density at radius 1 is 0.805 bits per heavy atom. The standard InChI is InChI=1S/C34H41NO6/c1-7-39-33(36)32-31(25-12-14-26(15-13-25)34(2,3)4)29-10-8-9-11-30(29)35(32)23-24-20-27(40-18-16-37-5)22-28(21-24)41-19-17-38-6/h8-15,20-22H,7,16-19,23H2,1-6H3. The fraction of sp³-hybridized carbons (Fsp3) is 0.382. The zero-order valence-corrected chi connectivity index (χ0v) is 25.0. The number of fused-ring (bicyclic) bond motifs is 1. The van der Waals surface area contributed by atoms with Crippen LogP contribution in [0.3, 0.4) is 0 Å². The maximum absolute atomic E-state index is 13.6. The van der Waals surface area contributed by atoms with Gasteiger partial charge in [-0.05, 0) is 47.2 Å². The number of carbonyl (C=O) groups is 1. The molecule has 0 fully saturated rings. The average molecular weight is 560 g/mol. The predicted octanol–water partition coefficient (Wildman–Crippen LogP) is 6.88. The van der Waals surface area contributed by atoms with Gasteiger partial charge in [-0.3, -0.25) is 0 Å². The van der Waals surface area contributed by atoms with E-state index in [9.17, 15) is 4.79 Å². The molecule has 1 heterocycles. The van der Waals surface area contributed by atoms with E-state index in [1.807, 2.05) is 47.9 Å². The molecule has 0 N–H and O–H groups in total. The van der Waals surface area contributed by atoms with E-state index in [2.05, 4.69) is 51.1 Å². The van der Waals surface area contributed by atoms with Crippen molar-refractivity contribution in [2.75, 3.05) is 47.3 Å². The predicted molar refractivity (Wildman–Crippen MR) is 162 cm³/mol. The molecule has 3 aromatic carbocycles. The lowest BCUT2D eigenvalue weighted by Crippen LogP contribution is -2.14. The molecule has 4 aromatic rings. The second-order valence-electron chi connectivity index (χ2n) is 10.9. The van der Waals surface area contributed by atoms with Gasteiger partial charge in [-0.2, -0.15) is 0 Å². The Bertz CT molecular complexity index is 1420. The van der Waals surface area contributed by atoms with Crippen LogP contribution in [0.5, 0.6) is 11.5 Å². The average Bonchev–Trinajstić information content (AvgIpc) is 3.27. The van der Waals surface area contributed by atoms with Crippen LogP contribution >= 0.6 is 0 Å². The topological polar surface area (TPSA) is 68.2 Å². The smallest absolute Gasteiger partial charge is 0.355 e. The fourth-order valence-electron chi connectivity index (χ4n) is 4.87. The quantitative estimate of drug-likeness (QED) is 0.131. The summed E-state index contributed by atoms with van der Waals surface area (Å²) in [7, 11) is 3.28. The molecule has 0 atom stereocenters. The maximum Gasteiger partial charge on any atom is 0.355 e. The molecule has 0 aliphatic heterocycles. The summed E-state index contributed by atoms with van der Waals surface area (Å²) in [5.41, 5.74) is 5.47. The van der Waals surface area contributed by atoms with E-state index in [0.717, 1.165) is 27.6 Å². The molecule has 218 valence electrons. The molecule has 7 heteroatoms. The van der Waals surface area contributed by atoms with Crippen LogP contribution in [0.2, 0.25) is 0 Å². The van der Waals surface area contributed by atoms with Gasteiger partial charge in [0.2, 0.25) is 0 Å². The number of benzene rings is 3. The lowest BCUT2D eigenvalue weighted by atomic mass is 9.86. The van der Waals surface area contributed by atoms with Gasteiger partial charge in [0.15, 0.2) is 0 Å². The highest BCUT2D eigenvalue weighted by Gasteiger charge is 2.26. The molecule has 1 aromatic heterocycles. The Morgan fingerprint density at radius 2 is 1.41 bits per heavy atom. The minimum Gasteiger partial charge on any atom is -0.491 e. The largest absolute Gasteiger partial charge is 0.491 e. The van der Waals surface area contributed by atoms with Crippen molar-refractivity contribution >= 4 is 16.9 Å². The number of methoxy groups -OCH3 is 2. The summed E-state index contributed by atoms with van der Waals surface area (Å²) in [6.07, 6.45) is 0. The molecular weight excluding hydrogens is 518 g/mol. The van der Waals surface area contributed by atoms with Crippen molar-refractivity contribution in [1.29, 1.82) is 0 Å². The molecule has 0 aliphatic rings. The van der Waals surface area contributed by atoms with E-state index in [1.54, 1.807) is 14.2 Å². The number of esters is 1. The number of ether oxygens (including phenoxy) is 5. The summed E-state index contributed by atoms with van der Waals surface area (Å²) >= 11 is 0. The minimum atomic E-state index is -0.359. The van der Waals surface area contributed by atoms with Crippen molar-refractivity contribution in [1.82, 2.24) is 4.57 Å². The molecule has 0 radical (unpaired) electrons. The molecule has 0 saturated carbocycles. The van der Waals surface area contributed by atoms with E-state index < -0.39 is 0 Å². The molecule has 0 amide bonds. The first-order valence-electron chi connectivity index (χ1n) is 14.0. The fourth-order valence-corrected chi connectivity index (χ4v) is 4.87. The van der Waals surface area contributed by atoms with Gasteiger partial charge in [0, 0.05) is 43.3 Å². The van der Waals surface area contributed by atoms with Crippen molar-refractivity contribution in [3.05, 3.63) is 83.6 Å². The van der Waals surface area contributed by atoms with Crippen molar-refractivity contribution in [3.63, 3.8) is 0 Å². The number of aromatic nitrogens is 1. The summed E-state index contributed by atoms with van der Waals surface area (Å²) in [5.74, 6) is 0.973. The van der Waals surface area contributed by atoms with Gasteiger partial charge < -0.3 is 28.3 Å². The highest BCUT2D eigenvalue weighted by molar-refractivity contribution is 6.08. The lowest BCUT2D eigenvalue weighted by molar-refractivity contribution is 0.0516. The first-order chi connectivity index (χ1) is 19.8. The molecule has 0 spiro atoms. The van der Waals surface area contributed by atoms with Crippen LogP contribution < -0.4 is 9.47 Å². The highest BCUT2D eigenvalue weighted by Crippen LogP contribution is 2.37. The Morgan fingerprint density at radius 3 is 1.98 bits per heavy atom. The summed E-state index contributed by atoms with van der Waals surface area (Å²) in [6, 6.07) is 22.4. The van der Waals surface area contributed by atoms with Crippen LogP contribution in [-0.2, 0) is 26.2 Å². The molecular formula is C34H41NO6. The summed E-state index contributed by atoms with van der Waals surface area (Å²) in [4.78, 5) is 13.6. The van der Waals surface area contributed by atoms with Crippen molar-refractivity contribution < 1.29 is 28.5 Å². The first kappa shape index (κ1) is 30.2. The van der Waals surface area contributed by atoms with Gasteiger partial charge in [-0.15, -0.1) is 0 Å². The molecule has 0 saturated heterocycles. The zero-order valence-electron chi connectivity index (χ0n) is 25.0. The molecule has 0 unspecified atom stereocenters. The number of nitrogens with zero attached hydrogens (tertiary/aromatic N) is 1. The minimum absolute atomic E-state index is 0.0237. The number of carbonyl (C=O) groups excluding carboxylic acids is 1.